The van der Waals surface area contributed by atoms with Crippen molar-refractivity contribution in [2.24, 2.45) is 13.0 Å². The number of rotatable bonds is 8. The van der Waals surface area contributed by atoms with Gasteiger partial charge in [-0.2, -0.15) is 4.39 Å². The van der Waals surface area contributed by atoms with Gasteiger partial charge in [-0.1, -0.05) is 6.07 Å². The first-order valence-corrected chi connectivity index (χ1v) is 13.8. The summed E-state index contributed by atoms with van der Waals surface area (Å²) in [7, 11) is 1.79. The Kier molecular flexibility index (Phi) is 7.11. The minimum Gasteiger partial charge on any atom is -0.550 e. The molecule has 3 heterocycles. The molecule has 1 unspecified atom stereocenters. The van der Waals surface area contributed by atoms with Crippen molar-refractivity contribution in [3.05, 3.63) is 53.7 Å². The summed E-state index contributed by atoms with van der Waals surface area (Å²) in [6.45, 7) is 0.629. The second-order valence-electron chi connectivity index (χ2n) is 11.0. The molecular formula is C30H29F3N3O5-. The van der Waals surface area contributed by atoms with Crippen LogP contribution in [0.1, 0.15) is 44.1 Å². The molecule has 0 spiro atoms. The highest BCUT2D eigenvalue weighted by atomic mass is 19.2. The van der Waals surface area contributed by atoms with Crippen molar-refractivity contribution in [2.75, 3.05) is 13.1 Å². The van der Waals surface area contributed by atoms with E-state index in [1.165, 1.54) is 29.2 Å². The van der Waals surface area contributed by atoms with Crippen LogP contribution in [0, 0.1) is 17.6 Å². The first-order valence-electron chi connectivity index (χ1n) is 13.8. The van der Waals surface area contributed by atoms with E-state index in [1.54, 1.807) is 23.9 Å². The Morgan fingerprint density at radius 3 is 2.56 bits per heavy atom. The van der Waals surface area contributed by atoms with Crippen LogP contribution in [0.2, 0.25) is 0 Å². The molecule has 0 amide bonds. The third-order valence-corrected chi connectivity index (χ3v) is 8.30. The second kappa shape index (κ2) is 10.6. The van der Waals surface area contributed by atoms with E-state index >= 15 is 8.78 Å². The highest BCUT2D eigenvalue weighted by Gasteiger charge is 2.49. The molecule has 216 valence electrons. The number of oxazole rings is 1. The summed E-state index contributed by atoms with van der Waals surface area (Å²) in [6, 6.07) is 7.19. The molecule has 4 aromatic rings. The molecule has 2 fully saturated rings. The molecule has 1 aliphatic carbocycles. The van der Waals surface area contributed by atoms with Crippen molar-refractivity contribution in [2.45, 2.75) is 57.0 Å². The number of carbonyl (C=O) groups is 2. The maximum atomic E-state index is 16.5. The number of ether oxygens (including phenoxy) is 1. The number of Topliss-reactive ketones (excluding diaryl/α,β-unsaturated/α-hetero) is 1. The van der Waals surface area contributed by atoms with Gasteiger partial charge in [0.1, 0.15) is 11.3 Å². The lowest BCUT2D eigenvalue weighted by Crippen LogP contribution is -2.55. The molecule has 11 heteroatoms. The lowest BCUT2D eigenvalue weighted by Gasteiger charge is -2.38. The quantitative estimate of drug-likeness (QED) is 0.290. The van der Waals surface area contributed by atoms with E-state index in [2.05, 4.69) is 4.98 Å². The molecule has 2 aliphatic rings. The van der Waals surface area contributed by atoms with E-state index < -0.39 is 47.8 Å². The number of aliphatic carboxylic acids is 1. The first-order chi connectivity index (χ1) is 19.6. The number of likely N-dealkylation sites (tertiary alicyclic amines) is 1. The minimum absolute atomic E-state index is 0.0698. The molecule has 0 bridgehead atoms. The molecule has 2 aromatic carbocycles. The number of hydrogen-bond acceptors (Lipinski definition) is 7. The lowest BCUT2D eigenvalue weighted by molar-refractivity contribution is -0.313. The van der Waals surface area contributed by atoms with Crippen LogP contribution in [0.4, 0.5) is 13.2 Å². The second-order valence-corrected chi connectivity index (χ2v) is 11.0. The number of fused-ring (bicyclic) bond motifs is 2. The molecule has 8 nitrogen and oxygen atoms in total. The third-order valence-electron chi connectivity index (χ3n) is 8.30. The van der Waals surface area contributed by atoms with Gasteiger partial charge in [0, 0.05) is 49.6 Å². The average molecular weight is 569 g/mol. The minimum atomic E-state index is -2.77. The zero-order valence-corrected chi connectivity index (χ0v) is 22.5. The van der Waals surface area contributed by atoms with Crippen molar-refractivity contribution >= 4 is 33.8 Å². The molecule has 2 aromatic heterocycles. The molecule has 0 N–H and O–H groups in total. The SMILES string of the molecule is Cn1cc(-c2nc3ccc(CC(=O)C(F)(OC4CCC(C(=O)[O-])CC4)N4CCCC4)c(F)c3o2)c2cc(F)ccc21. The molecule has 1 saturated heterocycles. The van der Waals surface area contributed by atoms with Gasteiger partial charge in [-0.3, -0.25) is 4.79 Å². The van der Waals surface area contributed by atoms with E-state index in [0.29, 0.717) is 36.9 Å². The van der Waals surface area contributed by atoms with Gasteiger partial charge in [0.25, 0.3) is 0 Å². The van der Waals surface area contributed by atoms with E-state index in [-0.39, 0.29) is 48.2 Å². The number of hydrogen-bond donors (Lipinski definition) is 0. The van der Waals surface area contributed by atoms with Crippen LogP contribution in [-0.4, -0.2) is 51.4 Å². The van der Waals surface area contributed by atoms with Gasteiger partial charge in [0.15, 0.2) is 11.4 Å². The van der Waals surface area contributed by atoms with E-state index in [1.807, 2.05) is 0 Å². The van der Waals surface area contributed by atoms with Crippen LogP contribution < -0.4 is 5.11 Å². The van der Waals surface area contributed by atoms with Crippen molar-refractivity contribution in [1.82, 2.24) is 14.5 Å². The van der Waals surface area contributed by atoms with Crippen molar-refractivity contribution in [1.29, 1.82) is 0 Å². The summed E-state index contributed by atoms with van der Waals surface area (Å²) < 4.78 is 59.5. The number of nitrogens with zero attached hydrogens (tertiary/aromatic N) is 3. The average Bonchev–Trinajstić information content (AvgIpc) is 3.70. The zero-order valence-electron chi connectivity index (χ0n) is 22.5. The van der Waals surface area contributed by atoms with E-state index in [9.17, 15) is 19.1 Å². The number of halogens is 3. The van der Waals surface area contributed by atoms with Gasteiger partial charge < -0.3 is 23.6 Å². The molecular weight excluding hydrogens is 539 g/mol. The predicted molar refractivity (Wildman–Crippen MR) is 141 cm³/mol. The van der Waals surface area contributed by atoms with Crippen molar-refractivity contribution < 1.29 is 37.0 Å². The van der Waals surface area contributed by atoms with Crippen molar-refractivity contribution in [3.63, 3.8) is 0 Å². The summed E-state index contributed by atoms with van der Waals surface area (Å²) in [5.41, 5.74) is 1.16. The predicted octanol–water partition coefficient (Wildman–Crippen LogP) is 4.42. The Bertz CT molecular complexity index is 1640. The normalized spacial score (nSPS) is 21.5. The fourth-order valence-corrected chi connectivity index (χ4v) is 6.03. The topological polar surface area (TPSA) is 101 Å². The number of carboxylic acid groups (broad SMARTS) is 1. The van der Waals surface area contributed by atoms with E-state index in [0.717, 1.165) is 5.52 Å². The summed E-state index contributed by atoms with van der Waals surface area (Å²) >= 11 is 0. The van der Waals surface area contributed by atoms with Gasteiger partial charge in [-0.15, -0.1) is 0 Å². The molecule has 1 saturated carbocycles. The Labute approximate surface area is 233 Å². The summed E-state index contributed by atoms with van der Waals surface area (Å²) in [5.74, 6) is -6.65. The first kappa shape index (κ1) is 27.5. The highest BCUT2D eigenvalue weighted by molar-refractivity contribution is 5.95. The Balaban J connectivity index is 1.27. The Morgan fingerprint density at radius 1 is 1.12 bits per heavy atom. The number of carbonyl (C=O) groups excluding carboxylic acids is 2. The highest BCUT2D eigenvalue weighted by Crippen LogP contribution is 2.36. The van der Waals surface area contributed by atoms with Gasteiger partial charge in [-0.25, -0.2) is 18.7 Å². The molecule has 1 atom stereocenters. The monoisotopic (exact) mass is 568 g/mol. The Morgan fingerprint density at radius 2 is 1.85 bits per heavy atom. The molecule has 1 aliphatic heterocycles. The summed E-state index contributed by atoms with van der Waals surface area (Å²) in [4.78, 5) is 30.4. The van der Waals surface area contributed by atoms with Crippen LogP contribution in [0.25, 0.3) is 33.5 Å². The fraction of sp³-hybridized carbons (Fsp3) is 0.433. The van der Waals surface area contributed by atoms with Crippen LogP contribution in [0.3, 0.4) is 0 Å². The fourth-order valence-electron chi connectivity index (χ4n) is 6.03. The van der Waals surface area contributed by atoms with Crippen LogP contribution in [0.15, 0.2) is 40.9 Å². The summed E-state index contributed by atoms with van der Waals surface area (Å²) in [6.07, 6.45) is 2.99. The molecule has 0 radical (unpaired) electrons. The van der Waals surface area contributed by atoms with Gasteiger partial charge >= 0.3 is 5.98 Å². The number of aryl methyl sites for hydroxylation is 1. The number of carboxylic acids is 1. The van der Waals surface area contributed by atoms with Crippen LogP contribution in [-0.2, 0) is 27.8 Å². The maximum Gasteiger partial charge on any atom is 0.330 e. The number of alkyl halides is 1. The Hall–Kier alpha value is -3.70. The largest absolute Gasteiger partial charge is 0.550 e. The molecule has 41 heavy (non-hydrogen) atoms. The zero-order chi connectivity index (χ0) is 28.9. The number of ketones is 1. The standard InChI is InChI=1S/C30H30F3N3O5/c1-35-16-22(21-15-19(31)7-11-24(21)35)28-34-23-10-6-18(26(32)27(23)40-28)14-25(37)30(33,36-12-2-3-13-36)41-20-8-4-17(5-9-20)29(38)39/h6-7,10-11,15-17,20H,2-5,8-9,12-14H2,1H3,(H,38,39)/p-1. The van der Waals surface area contributed by atoms with Crippen molar-refractivity contribution in [3.8, 4) is 11.5 Å². The van der Waals surface area contributed by atoms with Gasteiger partial charge in [0.2, 0.25) is 11.7 Å². The van der Waals surface area contributed by atoms with Gasteiger partial charge in [0.05, 0.1) is 11.7 Å². The number of aromatic nitrogens is 2. The smallest absolute Gasteiger partial charge is 0.330 e. The van der Waals surface area contributed by atoms with Crippen LogP contribution in [0.5, 0.6) is 0 Å². The third kappa shape index (κ3) is 5.01. The number of benzene rings is 2. The van der Waals surface area contributed by atoms with E-state index in [4.69, 9.17) is 9.15 Å². The van der Waals surface area contributed by atoms with Crippen LogP contribution >= 0.6 is 0 Å². The maximum absolute atomic E-state index is 16.5. The van der Waals surface area contributed by atoms with Gasteiger partial charge in [-0.05, 0) is 74.3 Å². The summed E-state index contributed by atoms with van der Waals surface area (Å²) in [5, 5.41) is 11.7. The lowest BCUT2D eigenvalue weighted by atomic mass is 9.87. The molecule has 6 rings (SSSR count).